The molecule has 1 aliphatic carbocycles. The summed E-state index contributed by atoms with van der Waals surface area (Å²) < 4.78 is 14.2. The second kappa shape index (κ2) is 4.88. The zero-order chi connectivity index (χ0) is 14.4. The molecular weight excluding hydrogens is 325 g/mol. The van der Waals surface area contributed by atoms with Gasteiger partial charge in [-0.3, -0.25) is 4.79 Å². The summed E-state index contributed by atoms with van der Waals surface area (Å²) in [4.78, 5) is 14.7. The number of hydrogen-bond donors (Lipinski definition) is 2. The summed E-state index contributed by atoms with van der Waals surface area (Å²) in [5, 5.41) is 10.2. The number of halogens is 2. The molecule has 0 amide bonds. The summed E-state index contributed by atoms with van der Waals surface area (Å²) >= 11 is 3.36. The highest BCUT2D eigenvalue weighted by atomic mass is 79.9. The first-order valence-corrected chi connectivity index (χ1v) is 7.54. The summed E-state index contributed by atoms with van der Waals surface area (Å²) in [6.07, 6.45) is 2.22. The highest BCUT2D eigenvalue weighted by Gasteiger charge is 2.35. The highest BCUT2D eigenvalue weighted by Crippen LogP contribution is 2.44. The van der Waals surface area contributed by atoms with E-state index in [0.717, 1.165) is 35.0 Å². The SMILES string of the molecule is CCC(C(=O)O)C1CCc2c1[nH]c1c(Br)cc(F)cc21. The molecule has 1 heterocycles. The van der Waals surface area contributed by atoms with Crippen molar-refractivity contribution in [2.45, 2.75) is 32.1 Å². The summed E-state index contributed by atoms with van der Waals surface area (Å²) in [5.74, 6) is -1.42. The molecule has 0 aliphatic heterocycles. The third-order valence-corrected chi connectivity index (χ3v) is 4.91. The number of H-pyrrole nitrogens is 1. The summed E-state index contributed by atoms with van der Waals surface area (Å²) in [6, 6.07) is 2.96. The molecule has 2 aromatic rings. The first-order valence-electron chi connectivity index (χ1n) is 6.75. The lowest BCUT2D eigenvalue weighted by Crippen LogP contribution is -2.20. The zero-order valence-electron chi connectivity index (χ0n) is 11.0. The minimum atomic E-state index is -0.755. The van der Waals surface area contributed by atoms with Crippen LogP contribution < -0.4 is 0 Å². The number of carboxylic acids is 1. The van der Waals surface area contributed by atoms with Crippen LogP contribution in [0.5, 0.6) is 0 Å². The first kappa shape index (κ1) is 13.6. The second-order valence-corrected chi connectivity index (χ2v) is 6.18. The molecule has 1 aromatic heterocycles. The normalized spacial score (nSPS) is 19.2. The largest absolute Gasteiger partial charge is 0.481 e. The Bertz CT molecular complexity index is 695. The van der Waals surface area contributed by atoms with Crippen LogP contribution in [-0.2, 0) is 11.2 Å². The van der Waals surface area contributed by atoms with Gasteiger partial charge in [-0.2, -0.15) is 0 Å². The number of nitrogens with one attached hydrogen (secondary N) is 1. The zero-order valence-corrected chi connectivity index (χ0v) is 12.6. The minimum absolute atomic E-state index is 0.00476. The number of aryl methyl sites for hydroxylation is 1. The van der Waals surface area contributed by atoms with Gasteiger partial charge >= 0.3 is 5.97 Å². The molecule has 106 valence electrons. The molecule has 1 aliphatic rings. The number of rotatable bonds is 3. The van der Waals surface area contributed by atoms with Gasteiger partial charge in [0.25, 0.3) is 0 Å². The Morgan fingerprint density at radius 1 is 1.60 bits per heavy atom. The van der Waals surface area contributed by atoms with Crippen LogP contribution in [-0.4, -0.2) is 16.1 Å². The molecule has 0 saturated heterocycles. The lowest BCUT2D eigenvalue weighted by molar-refractivity contribution is -0.142. The van der Waals surface area contributed by atoms with Crippen LogP contribution in [0.3, 0.4) is 0 Å². The Morgan fingerprint density at radius 2 is 2.35 bits per heavy atom. The van der Waals surface area contributed by atoms with Crippen molar-refractivity contribution in [1.82, 2.24) is 4.98 Å². The summed E-state index contributed by atoms with van der Waals surface area (Å²) in [6.45, 7) is 1.90. The number of benzene rings is 1. The van der Waals surface area contributed by atoms with Crippen molar-refractivity contribution in [2.24, 2.45) is 5.92 Å². The molecule has 2 unspecified atom stereocenters. The van der Waals surface area contributed by atoms with Crippen LogP contribution in [0.25, 0.3) is 10.9 Å². The van der Waals surface area contributed by atoms with Gasteiger partial charge in [0, 0.05) is 21.5 Å². The van der Waals surface area contributed by atoms with Crippen molar-refractivity contribution in [3.05, 3.63) is 33.7 Å². The Kier molecular flexibility index (Phi) is 3.32. The predicted octanol–water partition coefficient (Wildman–Crippen LogP) is 4.21. The molecular formula is C15H15BrFNO2. The third kappa shape index (κ3) is 1.95. The average Bonchev–Trinajstić information content (AvgIpc) is 2.91. The van der Waals surface area contributed by atoms with E-state index in [4.69, 9.17) is 0 Å². The van der Waals surface area contributed by atoms with Crippen molar-refractivity contribution in [1.29, 1.82) is 0 Å². The van der Waals surface area contributed by atoms with Gasteiger partial charge in [-0.1, -0.05) is 6.92 Å². The van der Waals surface area contributed by atoms with Crippen molar-refractivity contribution in [3.63, 3.8) is 0 Å². The Hall–Kier alpha value is -1.36. The van der Waals surface area contributed by atoms with E-state index in [1.807, 2.05) is 6.92 Å². The maximum Gasteiger partial charge on any atom is 0.307 e. The smallest absolute Gasteiger partial charge is 0.307 e. The van der Waals surface area contributed by atoms with E-state index in [2.05, 4.69) is 20.9 Å². The third-order valence-electron chi connectivity index (χ3n) is 4.28. The van der Waals surface area contributed by atoms with Crippen LogP contribution in [0.15, 0.2) is 16.6 Å². The van der Waals surface area contributed by atoms with E-state index in [-0.39, 0.29) is 17.7 Å². The molecule has 2 atom stereocenters. The van der Waals surface area contributed by atoms with Crippen LogP contribution >= 0.6 is 15.9 Å². The Balaban J connectivity index is 2.15. The monoisotopic (exact) mass is 339 g/mol. The Morgan fingerprint density at radius 3 is 3.00 bits per heavy atom. The topological polar surface area (TPSA) is 53.1 Å². The fourth-order valence-corrected chi connectivity index (χ4v) is 3.89. The lowest BCUT2D eigenvalue weighted by atomic mass is 9.88. The molecule has 0 saturated carbocycles. The van der Waals surface area contributed by atoms with Crippen molar-refractivity contribution >= 4 is 32.8 Å². The summed E-state index contributed by atoms with van der Waals surface area (Å²) in [7, 11) is 0. The molecule has 5 heteroatoms. The number of fused-ring (bicyclic) bond motifs is 3. The standard InChI is InChI=1S/C15H15BrFNO2/c1-2-8(15(19)20)9-3-4-10-11-5-7(17)6-12(16)14(11)18-13(9)10/h5-6,8-9,18H,2-4H2,1H3,(H,19,20). The van der Waals surface area contributed by atoms with Crippen LogP contribution in [0.4, 0.5) is 4.39 Å². The molecule has 3 rings (SSSR count). The fourth-order valence-electron chi connectivity index (χ4n) is 3.36. The predicted molar refractivity (Wildman–Crippen MR) is 78.4 cm³/mol. The molecule has 1 aromatic carbocycles. The molecule has 3 nitrogen and oxygen atoms in total. The number of hydrogen-bond acceptors (Lipinski definition) is 1. The number of aromatic amines is 1. The van der Waals surface area contributed by atoms with Crippen molar-refractivity contribution in [2.75, 3.05) is 0 Å². The van der Waals surface area contributed by atoms with Gasteiger partial charge in [0.2, 0.25) is 0 Å². The van der Waals surface area contributed by atoms with Crippen molar-refractivity contribution in [3.8, 4) is 0 Å². The number of aliphatic carboxylic acids is 1. The number of carbonyl (C=O) groups is 1. The van der Waals surface area contributed by atoms with Crippen molar-refractivity contribution < 1.29 is 14.3 Å². The van der Waals surface area contributed by atoms with Crippen LogP contribution in [0, 0.1) is 11.7 Å². The van der Waals surface area contributed by atoms with Gasteiger partial charge < -0.3 is 10.1 Å². The molecule has 0 spiro atoms. The second-order valence-electron chi connectivity index (χ2n) is 5.33. The van der Waals surface area contributed by atoms with E-state index < -0.39 is 5.97 Å². The fraction of sp³-hybridized carbons (Fsp3) is 0.400. The number of carboxylic acid groups (broad SMARTS) is 1. The van der Waals surface area contributed by atoms with Gasteiger partial charge in [-0.05, 0) is 52.9 Å². The van der Waals surface area contributed by atoms with E-state index in [9.17, 15) is 14.3 Å². The van der Waals surface area contributed by atoms with E-state index in [1.165, 1.54) is 12.1 Å². The van der Waals surface area contributed by atoms with E-state index in [0.29, 0.717) is 10.9 Å². The molecule has 0 fully saturated rings. The van der Waals surface area contributed by atoms with Gasteiger partial charge in [0.1, 0.15) is 5.82 Å². The Labute approximate surface area is 124 Å². The maximum atomic E-state index is 13.6. The maximum absolute atomic E-state index is 13.6. The minimum Gasteiger partial charge on any atom is -0.481 e. The molecule has 2 N–H and O–H groups in total. The van der Waals surface area contributed by atoms with Gasteiger partial charge in [0.15, 0.2) is 0 Å². The number of aromatic nitrogens is 1. The van der Waals surface area contributed by atoms with Crippen LogP contribution in [0.2, 0.25) is 0 Å². The quantitative estimate of drug-likeness (QED) is 0.879. The summed E-state index contributed by atoms with van der Waals surface area (Å²) in [5.41, 5.74) is 2.91. The molecule has 0 bridgehead atoms. The molecule has 20 heavy (non-hydrogen) atoms. The van der Waals surface area contributed by atoms with Gasteiger partial charge in [0.05, 0.1) is 11.4 Å². The van der Waals surface area contributed by atoms with Gasteiger partial charge in [-0.25, -0.2) is 4.39 Å². The van der Waals surface area contributed by atoms with Gasteiger partial charge in [-0.15, -0.1) is 0 Å². The lowest BCUT2D eigenvalue weighted by Gasteiger charge is -2.17. The average molecular weight is 340 g/mol. The highest BCUT2D eigenvalue weighted by molar-refractivity contribution is 9.10. The van der Waals surface area contributed by atoms with Crippen LogP contribution in [0.1, 0.15) is 36.9 Å². The first-order chi connectivity index (χ1) is 9.52. The van der Waals surface area contributed by atoms with E-state index >= 15 is 0 Å². The van der Waals surface area contributed by atoms with E-state index in [1.54, 1.807) is 0 Å². The molecule has 0 radical (unpaired) electrons.